The Hall–Kier alpha value is -0.480. The maximum atomic E-state index is 6.09. The zero-order valence-electron chi connectivity index (χ0n) is 10.9. The summed E-state index contributed by atoms with van der Waals surface area (Å²) in [6.07, 6.45) is 2.60. The molecule has 1 aromatic carbocycles. The second kappa shape index (κ2) is 6.10. The normalized spacial score (nSPS) is 15.2. The Kier molecular flexibility index (Phi) is 4.41. The highest BCUT2D eigenvalue weighted by Crippen LogP contribution is 2.30. The molecule has 0 atom stereocenters. The zero-order valence-corrected chi connectivity index (χ0v) is 13.2. The van der Waals surface area contributed by atoms with Crippen LogP contribution in [0.3, 0.4) is 0 Å². The minimum atomic E-state index is 0.354. The van der Waals surface area contributed by atoms with E-state index in [9.17, 15) is 0 Å². The number of hydrogen-bond acceptors (Lipinski definition) is 2. The molecule has 1 fully saturated rings. The van der Waals surface area contributed by atoms with Gasteiger partial charge in [-0.05, 0) is 30.9 Å². The van der Waals surface area contributed by atoms with Crippen LogP contribution in [-0.2, 0) is 17.2 Å². The van der Waals surface area contributed by atoms with E-state index in [0.717, 1.165) is 35.9 Å². The van der Waals surface area contributed by atoms with Crippen molar-refractivity contribution in [2.45, 2.75) is 25.3 Å². The minimum Gasteiger partial charge on any atom is -0.379 e. The fourth-order valence-corrected chi connectivity index (χ4v) is 2.73. The van der Waals surface area contributed by atoms with Crippen molar-refractivity contribution in [3.63, 3.8) is 0 Å². The van der Waals surface area contributed by atoms with Gasteiger partial charge in [0.15, 0.2) is 0 Å². The summed E-state index contributed by atoms with van der Waals surface area (Å²) in [6.45, 7) is 2.24. The van der Waals surface area contributed by atoms with E-state index in [1.165, 1.54) is 12.8 Å². The highest BCUT2D eigenvalue weighted by atomic mass is 35.5. The van der Waals surface area contributed by atoms with Gasteiger partial charge in [0.2, 0.25) is 0 Å². The largest absolute Gasteiger partial charge is 0.379 e. The Morgan fingerprint density at radius 3 is 2.70 bits per heavy atom. The van der Waals surface area contributed by atoms with Crippen LogP contribution >= 0.6 is 34.8 Å². The molecular weight excluding hydrogens is 319 g/mol. The Labute approximate surface area is 132 Å². The number of fused-ring (bicyclic) bond motifs is 1. The number of hydrogen-bond donors (Lipinski definition) is 0. The zero-order chi connectivity index (χ0) is 14.1. The van der Waals surface area contributed by atoms with Crippen molar-refractivity contribution in [2.24, 2.45) is 5.92 Å². The topological polar surface area (TPSA) is 27.1 Å². The summed E-state index contributed by atoms with van der Waals surface area (Å²) in [4.78, 5) is 4.49. The van der Waals surface area contributed by atoms with Crippen molar-refractivity contribution in [2.75, 3.05) is 13.2 Å². The fraction of sp³-hybridized carbons (Fsp3) is 0.500. The Morgan fingerprint density at radius 1 is 1.25 bits per heavy atom. The van der Waals surface area contributed by atoms with E-state index in [-0.39, 0.29) is 0 Å². The third-order valence-electron chi connectivity index (χ3n) is 3.50. The van der Waals surface area contributed by atoms with Crippen molar-refractivity contribution in [3.05, 3.63) is 28.0 Å². The van der Waals surface area contributed by atoms with Gasteiger partial charge in [-0.25, -0.2) is 4.98 Å². The van der Waals surface area contributed by atoms with Gasteiger partial charge in [0.05, 0.1) is 33.6 Å². The quantitative estimate of drug-likeness (QED) is 0.574. The number of ether oxygens (including phenoxy) is 1. The van der Waals surface area contributed by atoms with E-state index in [0.29, 0.717) is 22.5 Å². The second-order valence-electron chi connectivity index (χ2n) is 5.09. The third-order valence-corrected chi connectivity index (χ3v) is 4.46. The van der Waals surface area contributed by atoms with Gasteiger partial charge >= 0.3 is 0 Å². The first-order valence-electron chi connectivity index (χ1n) is 6.67. The monoisotopic (exact) mass is 332 g/mol. The molecule has 2 aromatic rings. The number of alkyl halides is 1. The van der Waals surface area contributed by atoms with E-state index in [1.54, 1.807) is 6.07 Å². The fourth-order valence-electron chi connectivity index (χ4n) is 2.21. The van der Waals surface area contributed by atoms with E-state index < -0.39 is 0 Å². The highest BCUT2D eigenvalue weighted by Gasteiger charge is 2.21. The third kappa shape index (κ3) is 3.06. The molecule has 1 aliphatic rings. The van der Waals surface area contributed by atoms with Crippen LogP contribution in [0.1, 0.15) is 18.7 Å². The molecule has 0 bridgehead atoms. The molecule has 1 heterocycles. The highest BCUT2D eigenvalue weighted by molar-refractivity contribution is 6.42. The van der Waals surface area contributed by atoms with Gasteiger partial charge in [-0.3, -0.25) is 0 Å². The number of benzene rings is 1. The van der Waals surface area contributed by atoms with Crippen molar-refractivity contribution in [3.8, 4) is 0 Å². The molecule has 0 aliphatic heterocycles. The molecule has 0 N–H and O–H groups in total. The van der Waals surface area contributed by atoms with Crippen LogP contribution in [-0.4, -0.2) is 22.8 Å². The lowest BCUT2D eigenvalue weighted by molar-refractivity contribution is 0.117. The van der Waals surface area contributed by atoms with Gasteiger partial charge in [0.25, 0.3) is 0 Å². The molecule has 3 rings (SSSR count). The molecule has 108 valence electrons. The molecule has 3 nitrogen and oxygen atoms in total. The lowest BCUT2D eigenvalue weighted by atomic mass is 10.3. The first-order valence-corrected chi connectivity index (χ1v) is 7.96. The smallest absolute Gasteiger partial charge is 0.124 e. The van der Waals surface area contributed by atoms with Crippen LogP contribution in [0.5, 0.6) is 0 Å². The lowest BCUT2D eigenvalue weighted by Gasteiger charge is -2.08. The van der Waals surface area contributed by atoms with Gasteiger partial charge < -0.3 is 9.30 Å². The van der Waals surface area contributed by atoms with Crippen molar-refractivity contribution in [1.29, 1.82) is 0 Å². The van der Waals surface area contributed by atoms with Crippen LogP contribution in [0.4, 0.5) is 0 Å². The molecule has 0 amide bonds. The van der Waals surface area contributed by atoms with Crippen LogP contribution in [0.2, 0.25) is 10.0 Å². The molecule has 0 unspecified atom stereocenters. The number of nitrogens with zero attached hydrogens (tertiary/aromatic N) is 2. The number of imidazole rings is 1. The average Bonchev–Trinajstić information content (AvgIpc) is 3.19. The van der Waals surface area contributed by atoms with E-state index in [2.05, 4.69) is 9.55 Å². The number of rotatable bonds is 6. The van der Waals surface area contributed by atoms with Crippen LogP contribution in [0.15, 0.2) is 12.1 Å². The summed E-state index contributed by atoms with van der Waals surface area (Å²) in [7, 11) is 0. The van der Waals surface area contributed by atoms with Gasteiger partial charge in [-0.1, -0.05) is 23.2 Å². The summed E-state index contributed by atoms with van der Waals surface area (Å²) < 4.78 is 7.74. The molecule has 0 radical (unpaired) electrons. The summed E-state index contributed by atoms with van der Waals surface area (Å²) in [6, 6.07) is 3.61. The number of aromatic nitrogens is 2. The predicted molar refractivity (Wildman–Crippen MR) is 82.9 cm³/mol. The molecule has 1 aromatic heterocycles. The maximum Gasteiger partial charge on any atom is 0.124 e. The minimum absolute atomic E-state index is 0.354. The first kappa shape index (κ1) is 14.5. The van der Waals surface area contributed by atoms with Crippen LogP contribution in [0.25, 0.3) is 11.0 Å². The first-order chi connectivity index (χ1) is 9.69. The van der Waals surface area contributed by atoms with Crippen LogP contribution in [0, 0.1) is 5.92 Å². The summed E-state index contributed by atoms with van der Waals surface area (Å²) in [5.41, 5.74) is 1.77. The van der Waals surface area contributed by atoms with Crippen molar-refractivity contribution in [1.82, 2.24) is 9.55 Å². The second-order valence-corrected chi connectivity index (χ2v) is 6.17. The van der Waals surface area contributed by atoms with Gasteiger partial charge in [0.1, 0.15) is 5.82 Å². The predicted octanol–water partition coefficient (Wildman–Crippen LogP) is 4.51. The number of halogens is 3. The maximum absolute atomic E-state index is 6.09. The Bertz CT molecular complexity index is 622. The molecule has 1 saturated carbocycles. The van der Waals surface area contributed by atoms with Crippen molar-refractivity contribution < 1.29 is 4.74 Å². The summed E-state index contributed by atoms with van der Waals surface area (Å²) >= 11 is 18.1. The van der Waals surface area contributed by atoms with Crippen molar-refractivity contribution >= 4 is 45.8 Å². The average molecular weight is 334 g/mol. The molecule has 0 saturated heterocycles. The Morgan fingerprint density at radius 2 is 2.00 bits per heavy atom. The molecule has 1 aliphatic carbocycles. The molecule has 6 heteroatoms. The lowest BCUT2D eigenvalue weighted by Crippen LogP contribution is -2.09. The van der Waals surface area contributed by atoms with Gasteiger partial charge in [-0.2, -0.15) is 0 Å². The molecule has 20 heavy (non-hydrogen) atoms. The van der Waals surface area contributed by atoms with Gasteiger partial charge in [0, 0.05) is 13.2 Å². The summed E-state index contributed by atoms with van der Waals surface area (Å²) in [5.74, 6) is 1.94. The van der Waals surface area contributed by atoms with E-state index in [1.807, 2.05) is 6.07 Å². The standard InChI is InChI=1S/C14H15Cl3N2O/c15-7-14-18-12-5-10(16)11(17)6-13(12)19(14)3-4-20-8-9-1-2-9/h5-6,9H,1-4,7-8H2. The van der Waals surface area contributed by atoms with Crippen LogP contribution < -0.4 is 0 Å². The SMILES string of the molecule is ClCc1nc2cc(Cl)c(Cl)cc2n1CCOCC1CC1. The molecular formula is C14H15Cl3N2O. The van der Waals surface area contributed by atoms with Gasteiger partial charge in [-0.15, -0.1) is 11.6 Å². The molecule has 0 spiro atoms. The summed E-state index contributed by atoms with van der Waals surface area (Å²) in [5, 5.41) is 1.04. The van der Waals surface area contributed by atoms with E-state index >= 15 is 0 Å². The Balaban J connectivity index is 1.80. The van der Waals surface area contributed by atoms with E-state index in [4.69, 9.17) is 39.5 Å².